The van der Waals surface area contributed by atoms with Crippen molar-refractivity contribution in [2.45, 2.75) is 13.0 Å². The lowest BCUT2D eigenvalue weighted by atomic mass is 10.2. The predicted octanol–water partition coefficient (Wildman–Crippen LogP) is 1.00. The third-order valence-electron chi connectivity index (χ3n) is 3.65. The average molecular weight is 259 g/mol. The number of aromatic nitrogens is 1. The van der Waals surface area contributed by atoms with Crippen molar-refractivity contribution in [3.63, 3.8) is 0 Å². The molecule has 0 aliphatic carbocycles. The normalized spacial score (nSPS) is 18.8. The molecule has 0 aromatic carbocycles. The van der Waals surface area contributed by atoms with E-state index in [0.717, 1.165) is 32.7 Å². The fourth-order valence-electron chi connectivity index (χ4n) is 2.27. The lowest BCUT2D eigenvalue weighted by Crippen LogP contribution is -2.49. The standard InChI is InChI=1S/C14H21N5/c1-12(19-8-6-18(2)7-9-19)11-17-14-13(10-15)4-3-5-16-14/h3-5,12H,6-9,11H2,1-2H3,(H,16,17). The van der Waals surface area contributed by atoms with Crippen LogP contribution in [-0.4, -0.2) is 60.6 Å². The highest BCUT2D eigenvalue weighted by Gasteiger charge is 2.19. The van der Waals surface area contributed by atoms with Crippen LogP contribution in [0.25, 0.3) is 0 Å². The van der Waals surface area contributed by atoms with E-state index in [1.54, 1.807) is 18.3 Å². The minimum Gasteiger partial charge on any atom is -0.367 e. The second kappa shape index (κ2) is 6.50. The second-order valence-corrected chi connectivity index (χ2v) is 5.08. The molecule has 0 bridgehead atoms. The van der Waals surface area contributed by atoms with E-state index in [9.17, 15) is 0 Å². The first-order valence-corrected chi connectivity index (χ1v) is 6.72. The van der Waals surface area contributed by atoms with Gasteiger partial charge in [0.25, 0.3) is 0 Å². The van der Waals surface area contributed by atoms with Gasteiger partial charge in [0, 0.05) is 45.0 Å². The number of nitriles is 1. The Morgan fingerprint density at radius 3 is 2.84 bits per heavy atom. The number of anilines is 1. The van der Waals surface area contributed by atoms with Crippen molar-refractivity contribution in [2.75, 3.05) is 45.1 Å². The monoisotopic (exact) mass is 259 g/mol. The summed E-state index contributed by atoms with van der Waals surface area (Å²) in [5.41, 5.74) is 0.605. The highest BCUT2D eigenvalue weighted by Crippen LogP contribution is 2.11. The van der Waals surface area contributed by atoms with E-state index in [2.05, 4.69) is 40.1 Å². The SMILES string of the molecule is CC(CNc1ncccc1C#N)N1CCN(C)CC1. The van der Waals surface area contributed by atoms with E-state index in [1.807, 2.05) is 0 Å². The molecule has 1 atom stereocenters. The lowest BCUT2D eigenvalue weighted by Gasteiger charge is -2.36. The molecule has 1 N–H and O–H groups in total. The Hall–Kier alpha value is -1.64. The van der Waals surface area contributed by atoms with E-state index in [4.69, 9.17) is 5.26 Å². The van der Waals surface area contributed by atoms with Gasteiger partial charge in [0.2, 0.25) is 0 Å². The van der Waals surface area contributed by atoms with Crippen molar-refractivity contribution in [1.82, 2.24) is 14.8 Å². The summed E-state index contributed by atoms with van der Waals surface area (Å²) in [5.74, 6) is 0.686. The van der Waals surface area contributed by atoms with Crippen molar-refractivity contribution in [3.8, 4) is 6.07 Å². The van der Waals surface area contributed by atoms with E-state index < -0.39 is 0 Å². The van der Waals surface area contributed by atoms with E-state index in [-0.39, 0.29) is 0 Å². The topological polar surface area (TPSA) is 55.2 Å². The Morgan fingerprint density at radius 1 is 1.42 bits per heavy atom. The van der Waals surface area contributed by atoms with E-state index in [0.29, 0.717) is 17.4 Å². The third-order valence-corrected chi connectivity index (χ3v) is 3.65. The van der Waals surface area contributed by atoms with Crippen molar-refractivity contribution in [1.29, 1.82) is 5.26 Å². The fourth-order valence-corrected chi connectivity index (χ4v) is 2.27. The highest BCUT2D eigenvalue weighted by atomic mass is 15.3. The van der Waals surface area contributed by atoms with Gasteiger partial charge in [-0.1, -0.05) is 0 Å². The molecule has 5 heteroatoms. The maximum atomic E-state index is 9.02. The molecule has 0 amide bonds. The van der Waals surface area contributed by atoms with Gasteiger partial charge in [-0.3, -0.25) is 4.90 Å². The predicted molar refractivity (Wildman–Crippen MR) is 76.0 cm³/mol. The zero-order chi connectivity index (χ0) is 13.7. The van der Waals surface area contributed by atoms with Crippen LogP contribution in [0.4, 0.5) is 5.82 Å². The molecule has 2 heterocycles. The summed E-state index contributed by atoms with van der Waals surface area (Å²) in [6, 6.07) is 6.18. The summed E-state index contributed by atoms with van der Waals surface area (Å²) in [6.45, 7) is 7.48. The Bertz CT molecular complexity index is 445. The summed E-state index contributed by atoms with van der Waals surface area (Å²) in [4.78, 5) is 9.04. The summed E-state index contributed by atoms with van der Waals surface area (Å²) in [6.07, 6.45) is 1.71. The minimum atomic E-state index is 0.447. The van der Waals surface area contributed by atoms with Crippen molar-refractivity contribution in [3.05, 3.63) is 23.9 Å². The van der Waals surface area contributed by atoms with Gasteiger partial charge in [-0.15, -0.1) is 0 Å². The van der Waals surface area contributed by atoms with Crippen LogP contribution in [0.15, 0.2) is 18.3 Å². The fraction of sp³-hybridized carbons (Fsp3) is 0.571. The van der Waals surface area contributed by atoms with Crippen molar-refractivity contribution < 1.29 is 0 Å². The van der Waals surface area contributed by atoms with E-state index in [1.165, 1.54) is 0 Å². The first-order valence-electron chi connectivity index (χ1n) is 6.72. The highest BCUT2D eigenvalue weighted by molar-refractivity contribution is 5.51. The molecule has 1 saturated heterocycles. The van der Waals surface area contributed by atoms with Crippen molar-refractivity contribution >= 4 is 5.82 Å². The quantitative estimate of drug-likeness (QED) is 0.874. The Balaban J connectivity index is 1.86. The molecular formula is C14H21N5. The maximum Gasteiger partial charge on any atom is 0.143 e. The van der Waals surface area contributed by atoms with Gasteiger partial charge < -0.3 is 10.2 Å². The number of rotatable bonds is 4. The number of pyridine rings is 1. The molecular weight excluding hydrogens is 238 g/mol. The zero-order valence-electron chi connectivity index (χ0n) is 11.6. The molecule has 1 aromatic heterocycles. The number of piperazine rings is 1. The molecule has 0 radical (unpaired) electrons. The number of nitrogens with one attached hydrogen (secondary N) is 1. The minimum absolute atomic E-state index is 0.447. The van der Waals surface area contributed by atoms with Crippen LogP contribution in [0.3, 0.4) is 0 Å². The molecule has 2 rings (SSSR count). The first kappa shape index (κ1) is 13.8. The lowest BCUT2D eigenvalue weighted by molar-refractivity contribution is 0.123. The largest absolute Gasteiger partial charge is 0.367 e. The Kier molecular flexibility index (Phi) is 4.72. The molecule has 0 spiro atoms. The molecule has 1 aliphatic heterocycles. The summed E-state index contributed by atoms with van der Waals surface area (Å²) < 4.78 is 0. The van der Waals surface area contributed by atoms with Crippen LogP contribution >= 0.6 is 0 Å². The molecule has 19 heavy (non-hydrogen) atoms. The molecule has 5 nitrogen and oxygen atoms in total. The van der Waals surface area contributed by atoms with Crippen LogP contribution < -0.4 is 5.32 Å². The first-order chi connectivity index (χ1) is 9.20. The molecule has 102 valence electrons. The average Bonchev–Trinajstić information content (AvgIpc) is 2.45. The second-order valence-electron chi connectivity index (χ2n) is 5.08. The summed E-state index contributed by atoms with van der Waals surface area (Å²) in [7, 11) is 2.16. The van der Waals surface area contributed by atoms with Crippen molar-refractivity contribution in [2.24, 2.45) is 0 Å². The van der Waals surface area contributed by atoms with Gasteiger partial charge in [0.1, 0.15) is 11.9 Å². The Labute approximate surface area is 114 Å². The van der Waals surface area contributed by atoms with Crippen LogP contribution in [0.2, 0.25) is 0 Å². The smallest absolute Gasteiger partial charge is 0.143 e. The van der Waals surface area contributed by atoms with Gasteiger partial charge in [0.05, 0.1) is 5.56 Å². The van der Waals surface area contributed by atoms with Crippen LogP contribution in [0.5, 0.6) is 0 Å². The van der Waals surface area contributed by atoms with Gasteiger partial charge >= 0.3 is 0 Å². The Morgan fingerprint density at radius 2 is 2.16 bits per heavy atom. The summed E-state index contributed by atoms with van der Waals surface area (Å²) >= 11 is 0. The number of nitrogens with zero attached hydrogens (tertiary/aromatic N) is 4. The van der Waals surface area contributed by atoms with Crippen LogP contribution in [-0.2, 0) is 0 Å². The maximum absolute atomic E-state index is 9.02. The van der Waals surface area contributed by atoms with Gasteiger partial charge in [-0.05, 0) is 26.1 Å². The third kappa shape index (κ3) is 3.66. The van der Waals surface area contributed by atoms with Gasteiger partial charge in [-0.25, -0.2) is 4.98 Å². The number of hydrogen-bond donors (Lipinski definition) is 1. The molecule has 1 aromatic rings. The molecule has 1 aliphatic rings. The van der Waals surface area contributed by atoms with E-state index >= 15 is 0 Å². The summed E-state index contributed by atoms with van der Waals surface area (Å²) in [5, 5.41) is 12.3. The van der Waals surface area contributed by atoms with Crippen LogP contribution in [0.1, 0.15) is 12.5 Å². The van der Waals surface area contributed by atoms with Crippen LogP contribution in [0, 0.1) is 11.3 Å². The number of hydrogen-bond acceptors (Lipinski definition) is 5. The zero-order valence-corrected chi connectivity index (χ0v) is 11.6. The number of likely N-dealkylation sites (N-methyl/N-ethyl adjacent to an activating group) is 1. The molecule has 0 saturated carbocycles. The van der Waals surface area contributed by atoms with Gasteiger partial charge in [-0.2, -0.15) is 5.26 Å². The molecule has 1 unspecified atom stereocenters. The molecule has 1 fully saturated rings. The van der Waals surface area contributed by atoms with Gasteiger partial charge in [0.15, 0.2) is 0 Å².